The highest BCUT2D eigenvalue weighted by Gasteiger charge is 2.35. The van der Waals surface area contributed by atoms with E-state index in [1.165, 1.54) is 0 Å². The van der Waals surface area contributed by atoms with Crippen LogP contribution in [-0.2, 0) is 19.1 Å². The zero-order valence-electron chi connectivity index (χ0n) is 12.8. The lowest BCUT2D eigenvalue weighted by Crippen LogP contribution is -2.45. The Labute approximate surface area is 128 Å². The number of carbonyl (C=O) groups excluding carboxylic acids is 3. The molecule has 22 heavy (non-hydrogen) atoms. The first-order valence-corrected chi connectivity index (χ1v) is 6.86. The smallest absolute Gasteiger partial charge is 0.407 e. The van der Waals surface area contributed by atoms with Crippen LogP contribution in [0.1, 0.15) is 33.6 Å². The van der Waals surface area contributed by atoms with E-state index in [1.807, 2.05) is 0 Å². The molecule has 0 unspecified atom stereocenters. The molecule has 122 valence electrons. The molecule has 1 atom stereocenters. The largest absolute Gasteiger partial charge is 0.480 e. The topological polar surface area (TPSA) is 113 Å². The molecule has 0 aliphatic carbocycles. The summed E-state index contributed by atoms with van der Waals surface area (Å²) in [6.07, 6.45) is 1.81. The summed E-state index contributed by atoms with van der Waals surface area (Å²) in [5, 5.41) is 11.6. The van der Waals surface area contributed by atoms with Crippen LogP contribution in [0.15, 0.2) is 12.2 Å². The Bertz CT molecular complexity index is 488. The molecule has 1 heterocycles. The maximum absolute atomic E-state index is 11.5. The Hall–Kier alpha value is -2.38. The minimum Gasteiger partial charge on any atom is -0.480 e. The molecule has 0 aromatic rings. The van der Waals surface area contributed by atoms with Gasteiger partial charge in [0.05, 0.1) is 0 Å². The predicted octanol–water partition coefficient (Wildman–Crippen LogP) is 0.670. The van der Waals surface area contributed by atoms with Crippen molar-refractivity contribution >= 4 is 23.9 Å². The van der Waals surface area contributed by atoms with E-state index in [9.17, 15) is 19.2 Å². The van der Waals surface area contributed by atoms with Crippen molar-refractivity contribution < 1.29 is 29.0 Å². The van der Waals surface area contributed by atoms with E-state index in [4.69, 9.17) is 9.84 Å². The van der Waals surface area contributed by atoms with Crippen molar-refractivity contribution in [1.82, 2.24) is 10.2 Å². The van der Waals surface area contributed by atoms with Crippen molar-refractivity contribution in [1.29, 1.82) is 0 Å². The lowest BCUT2D eigenvalue weighted by Gasteiger charge is -2.23. The van der Waals surface area contributed by atoms with Gasteiger partial charge < -0.3 is 15.2 Å². The van der Waals surface area contributed by atoms with E-state index >= 15 is 0 Å². The molecule has 0 radical (unpaired) electrons. The first-order valence-electron chi connectivity index (χ1n) is 6.86. The quantitative estimate of drug-likeness (QED) is 0.550. The second-order valence-electron chi connectivity index (χ2n) is 5.80. The Morgan fingerprint density at radius 2 is 1.82 bits per heavy atom. The van der Waals surface area contributed by atoms with Crippen LogP contribution < -0.4 is 5.32 Å². The normalized spacial score (nSPS) is 15.9. The first-order chi connectivity index (χ1) is 10.1. The SMILES string of the molecule is CC(C)(C)OC(=O)NCCC[C@H](C(=O)O)N1C(=O)C=CC1=O. The minimum atomic E-state index is -1.26. The number of rotatable bonds is 6. The fourth-order valence-electron chi connectivity index (χ4n) is 1.88. The molecule has 1 rings (SSSR count). The molecule has 1 aliphatic heterocycles. The number of aliphatic carboxylic acids is 1. The van der Waals surface area contributed by atoms with Crippen molar-refractivity contribution in [2.75, 3.05) is 6.54 Å². The monoisotopic (exact) mass is 312 g/mol. The molecule has 8 heteroatoms. The third kappa shape index (κ3) is 5.19. The Morgan fingerprint density at radius 3 is 2.27 bits per heavy atom. The fourth-order valence-corrected chi connectivity index (χ4v) is 1.88. The molecule has 0 fully saturated rings. The Morgan fingerprint density at radius 1 is 1.27 bits per heavy atom. The molecule has 2 N–H and O–H groups in total. The number of amides is 3. The minimum absolute atomic E-state index is 0.0459. The lowest BCUT2D eigenvalue weighted by molar-refractivity contribution is -0.153. The van der Waals surface area contributed by atoms with Crippen LogP contribution >= 0.6 is 0 Å². The van der Waals surface area contributed by atoms with Gasteiger partial charge in [0.1, 0.15) is 11.6 Å². The van der Waals surface area contributed by atoms with Crippen LogP contribution in [0.25, 0.3) is 0 Å². The highest BCUT2D eigenvalue weighted by molar-refractivity contribution is 6.14. The lowest BCUT2D eigenvalue weighted by atomic mass is 10.1. The van der Waals surface area contributed by atoms with E-state index in [1.54, 1.807) is 20.8 Å². The van der Waals surface area contributed by atoms with Crippen LogP contribution in [0.5, 0.6) is 0 Å². The zero-order valence-corrected chi connectivity index (χ0v) is 12.8. The maximum Gasteiger partial charge on any atom is 0.407 e. The molecular weight excluding hydrogens is 292 g/mol. The first kappa shape index (κ1) is 17.7. The highest BCUT2D eigenvalue weighted by Crippen LogP contribution is 2.14. The average molecular weight is 312 g/mol. The second-order valence-corrected chi connectivity index (χ2v) is 5.80. The molecular formula is C14H20N2O6. The number of nitrogens with zero attached hydrogens (tertiary/aromatic N) is 1. The van der Waals surface area contributed by atoms with E-state index in [2.05, 4.69) is 5.32 Å². The summed E-state index contributed by atoms with van der Waals surface area (Å²) < 4.78 is 5.03. The number of carbonyl (C=O) groups is 4. The van der Waals surface area contributed by atoms with E-state index < -0.39 is 35.5 Å². The summed E-state index contributed by atoms with van der Waals surface area (Å²) in [6, 6.07) is -1.24. The van der Waals surface area contributed by atoms with Crippen molar-refractivity contribution in [2.45, 2.75) is 45.3 Å². The van der Waals surface area contributed by atoms with Crippen molar-refractivity contribution in [3.05, 3.63) is 12.2 Å². The number of imide groups is 1. The summed E-state index contributed by atoms with van der Waals surface area (Å²) in [5.74, 6) is -2.54. The standard InChI is InChI=1S/C14H20N2O6/c1-14(2,3)22-13(21)15-8-4-5-9(12(19)20)16-10(17)6-7-11(16)18/h6-7,9H,4-5,8H2,1-3H3,(H,15,21)(H,19,20)/t9-/m1/s1. The van der Waals surface area contributed by atoms with Gasteiger partial charge in [-0.2, -0.15) is 0 Å². The number of ether oxygens (including phenoxy) is 1. The molecule has 0 aromatic heterocycles. The molecule has 0 aromatic carbocycles. The van der Waals surface area contributed by atoms with Gasteiger partial charge in [0.2, 0.25) is 0 Å². The van der Waals surface area contributed by atoms with Gasteiger partial charge in [0, 0.05) is 18.7 Å². The number of nitrogens with one attached hydrogen (secondary N) is 1. The van der Waals surface area contributed by atoms with Crippen molar-refractivity contribution in [3.63, 3.8) is 0 Å². The maximum atomic E-state index is 11.5. The summed E-state index contributed by atoms with van der Waals surface area (Å²) >= 11 is 0. The number of hydrogen-bond acceptors (Lipinski definition) is 5. The van der Waals surface area contributed by atoms with Gasteiger partial charge in [-0.25, -0.2) is 9.59 Å². The fraction of sp³-hybridized carbons (Fsp3) is 0.571. The molecule has 0 saturated carbocycles. The van der Waals surface area contributed by atoms with Crippen LogP contribution in [0.3, 0.4) is 0 Å². The van der Waals surface area contributed by atoms with Gasteiger partial charge in [-0.15, -0.1) is 0 Å². The number of hydrogen-bond donors (Lipinski definition) is 2. The average Bonchev–Trinajstić information content (AvgIpc) is 2.67. The summed E-state index contributed by atoms with van der Waals surface area (Å²) in [6.45, 7) is 5.36. The zero-order chi connectivity index (χ0) is 16.9. The number of carboxylic acid groups (broad SMARTS) is 1. The molecule has 8 nitrogen and oxygen atoms in total. The van der Waals surface area contributed by atoms with Gasteiger partial charge in [0.15, 0.2) is 0 Å². The van der Waals surface area contributed by atoms with E-state index in [0.29, 0.717) is 4.90 Å². The molecule has 3 amide bonds. The van der Waals surface area contributed by atoms with Crippen molar-refractivity contribution in [2.24, 2.45) is 0 Å². The number of alkyl carbamates (subject to hydrolysis) is 1. The molecule has 0 bridgehead atoms. The molecule has 0 saturated heterocycles. The van der Waals surface area contributed by atoms with E-state index in [0.717, 1.165) is 12.2 Å². The van der Waals surface area contributed by atoms with Gasteiger partial charge in [-0.05, 0) is 33.6 Å². The molecule has 0 spiro atoms. The summed E-state index contributed by atoms with van der Waals surface area (Å²) in [5.41, 5.74) is -0.617. The van der Waals surface area contributed by atoms with Gasteiger partial charge in [0.25, 0.3) is 11.8 Å². The van der Waals surface area contributed by atoms with Crippen molar-refractivity contribution in [3.8, 4) is 0 Å². The summed E-state index contributed by atoms with van der Waals surface area (Å²) in [7, 11) is 0. The van der Waals surface area contributed by atoms with Crippen LogP contribution in [0, 0.1) is 0 Å². The third-order valence-electron chi connectivity index (χ3n) is 2.76. The third-order valence-corrected chi connectivity index (χ3v) is 2.76. The predicted molar refractivity (Wildman–Crippen MR) is 75.9 cm³/mol. The van der Waals surface area contributed by atoms with Gasteiger partial charge in [-0.3, -0.25) is 14.5 Å². The Kier molecular flexibility index (Phi) is 5.67. The molecule has 1 aliphatic rings. The van der Waals surface area contributed by atoms with Crippen LogP contribution in [-0.4, -0.2) is 52.1 Å². The number of carboxylic acids is 1. The Balaban J connectivity index is 2.44. The summed E-state index contributed by atoms with van der Waals surface area (Å²) in [4.78, 5) is 46.3. The van der Waals surface area contributed by atoms with E-state index in [-0.39, 0.29) is 19.4 Å². The van der Waals surface area contributed by atoms with Crippen LogP contribution in [0.4, 0.5) is 4.79 Å². The second kappa shape index (κ2) is 7.06. The highest BCUT2D eigenvalue weighted by atomic mass is 16.6. The van der Waals surface area contributed by atoms with Gasteiger partial charge in [-0.1, -0.05) is 0 Å². The van der Waals surface area contributed by atoms with Gasteiger partial charge >= 0.3 is 12.1 Å². The van der Waals surface area contributed by atoms with Crippen LogP contribution in [0.2, 0.25) is 0 Å².